The number of hydrazine groups is 1. The fourth-order valence-electron chi connectivity index (χ4n) is 2.14. The molecular weight excluding hydrogens is 190 g/mol. The zero-order valence-corrected chi connectivity index (χ0v) is 8.39. The van der Waals surface area contributed by atoms with Gasteiger partial charge < -0.3 is 9.87 Å². The first-order valence-corrected chi connectivity index (χ1v) is 5.45. The van der Waals surface area contributed by atoms with Crippen molar-refractivity contribution in [2.45, 2.75) is 18.9 Å². The normalized spacial score (nSPS) is 28.5. The van der Waals surface area contributed by atoms with Gasteiger partial charge in [-0.25, -0.2) is 5.43 Å². The fourth-order valence-corrected chi connectivity index (χ4v) is 2.38. The average Bonchev–Trinajstić information content (AvgIpc) is 1.90. The Labute approximate surface area is 80.3 Å². The third-order valence-corrected chi connectivity index (χ3v) is 3.50. The molecule has 0 aromatic rings. The lowest BCUT2D eigenvalue weighted by Gasteiger charge is -2.55. The van der Waals surface area contributed by atoms with Crippen molar-refractivity contribution < 1.29 is 8.76 Å². The number of nitrogens with zero attached hydrogens (tertiary/aromatic N) is 1. The SMILES string of the molecule is CN(NC1CC2(CNC2)C1)S(=O)[O-]. The van der Waals surface area contributed by atoms with E-state index in [1.54, 1.807) is 0 Å². The van der Waals surface area contributed by atoms with Gasteiger partial charge in [-0.05, 0) is 18.3 Å². The molecule has 6 heteroatoms. The molecule has 0 amide bonds. The Morgan fingerprint density at radius 2 is 2.23 bits per heavy atom. The molecule has 1 atom stereocenters. The van der Waals surface area contributed by atoms with E-state index in [0.29, 0.717) is 11.5 Å². The van der Waals surface area contributed by atoms with E-state index in [-0.39, 0.29) is 0 Å². The minimum absolute atomic E-state index is 0.338. The highest BCUT2D eigenvalue weighted by Gasteiger charge is 2.48. The maximum atomic E-state index is 10.5. The molecule has 1 unspecified atom stereocenters. The van der Waals surface area contributed by atoms with Gasteiger partial charge in [-0.15, -0.1) is 0 Å². The van der Waals surface area contributed by atoms with E-state index in [0.717, 1.165) is 30.3 Å². The molecule has 1 aliphatic carbocycles. The summed E-state index contributed by atoms with van der Waals surface area (Å²) in [5.41, 5.74) is 3.42. The molecule has 2 fully saturated rings. The van der Waals surface area contributed by atoms with Crippen LogP contribution in [0.5, 0.6) is 0 Å². The highest BCUT2D eigenvalue weighted by molar-refractivity contribution is 7.76. The van der Waals surface area contributed by atoms with Crippen molar-refractivity contribution in [3.05, 3.63) is 0 Å². The van der Waals surface area contributed by atoms with Gasteiger partial charge >= 0.3 is 0 Å². The van der Waals surface area contributed by atoms with Crippen molar-refractivity contribution in [3.8, 4) is 0 Å². The molecule has 1 saturated heterocycles. The first kappa shape index (κ1) is 9.54. The summed E-state index contributed by atoms with van der Waals surface area (Å²) >= 11 is -2.15. The Hall–Kier alpha value is -0.0100. The smallest absolute Gasteiger partial charge is 0.0350 e. The van der Waals surface area contributed by atoms with Crippen molar-refractivity contribution in [1.82, 2.24) is 15.2 Å². The second-order valence-corrected chi connectivity index (χ2v) is 5.03. The number of nitrogens with one attached hydrogen (secondary N) is 2. The summed E-state index contributed by atoms with van der Waals surface area (Å²) in [6.45, 7) is 2.19. The van der Waals surface area contributed by atoms with Gasteiger partial charge in [-0.2, -0.15) is 4.41 Å². The summed E-state index contributed by atoms with van der Waals surface area (Å²) < 4.78 is 22.1. The highest BCUT2D eigenvalue weighted by Crippen LogP contribution is 2.44. The lowest BCUT2D eigenvalue weighted by molar-refractivity contribution is 0.00659. The second-order valence-electron chi connectivity index (χ2n) is 4.05. The minimum atomic E-state index is -2.15. The Bertz CT molecular complexity index is 224. The monoisotopic (exact) mass is 204 g/mol. The zero-order chi connectivity index (χ0) is 9.47. The van der Waals surface area contributed by atoms with Gasteiger partial charge in [0.15, 0.2) is 0 Å². The first-order valence-electron chi connectivity index (χ1n) is 4.41. The predicted molar refractivity (Wildman–Crippen MR) is 48.1 cm³/mol. The van der Waals surface area contributed by atoms with E-state index in [9.17, 15) is 8.76 Å². The minimum Gasteiger partial charge on any atom is -0.759 e. The topological polar surface area (TPSA) is 67.4 Å². The molecule has 5 nitrogen and oxygen atoms in total. The lowest BCUT2D eigenvalue weighted by atomic mass is 9.62. The van der Waals surface area contributed by atoms with Gasteiger partial charge in [0.2, 0.25) is 0 Å². The van der Waals surface area contributed by atoms with Crippen LogP contribution in [-0.2, 0) is 11.3 Å². The molecular formula is C7H14N3O2S-. The van der Waals surface area contributed by atoms with E-state index < -0.39 is 11.3 Å². The van der Waals surface area contributed by atoms with Crippen molar-refractivity contribution >= 4 is 11.3 Å². The zero-order valence-electron chi connectivity index (χ0n) is 7.58. The van der Waals surface area contributed by atoms with Gasteiger partial charge in [-0.3, -0.25) is 4.21 Å². The molecule has 2 N–H and O–H groups in total. The van der Waals surface area contributed by atoms with Crippen LogP contribution in [0.4, 0.5) is 0 Å². The molecule has 2 rings (SSSR count). The molecule has 2 aliphatic rings. The van der Waals surface area contributed by atoms with E-state index >= 15 is 0 Å². The first-order chi connectivity index (χ1) is 6.11. The van der Waals surface area contributed by atoms with Gasteiger partial charge in [-0.1, -0.05) is 0 Å². The summed E-state index contributed by atoms with van der Waals surface area (Å²) in [6, 6.07) is 0.338. The lowest BCUT2D eigenvalue weighted by Crippen LogP contribution is -2.66. The van der Waals surface area contributed by atoms with E-state index in [1.807, 2.05) is 0 Å². The van der Waals surface area contributed by atoms with Gasteiger partial charge in [0.25, 0.3) is 0 Å². The summed E-state index contributed by atoms with van der Waals surface area (Å²) in [7, 11) is 1.52. The highest BCUT2D eigenvalue weighted by atomic mass is 32.2. The van der Waals surface area contributed by atoms with Crippen LogP contribution in [0.3, 0.4) is 0 Å². The second kappa shape index (κ2) is 3.29. The summed E-state index contributed by atoms with van der Waals surface area (Å²) in [5.74, 6) is 0. The van der Waals surface area contributed by atoms with Crippen molar-refractivity contribution in [3.63, 3.8) is 0 Å². The largest absolute Gasteiger partial charge is 0.759 e. The quantitative estimate of drug-likeness (QED) is 0.455. The molecule has 0 aromatic carbocycles. The standard InChI is InChI=1S/C7H15N3O2S/c1-10(13(11)12)9-6-2-7(3-6)4-8-5-7/h6,8-9H,2-5H2,1H3,(H,11,12)/p-1. The van der Waals surface area contributed by atoms with Crippen LogP contribution in [0.15, 0.2) is 0 Å². The van der Waals surface area contributed by atoms with Crippen molar-refractivity contribution in [2.75, 3.05) is 20.1 Å². The van der Waals surface area contributed by atoms with Crippen LogP contribution in [0, 0.1) is 5.41 Å². The summed E-state index contributed by atoms with van der Waals surface area (Å²) in [6.07, 6.45) is 2.17. The molecule has 1 aliphatic heterocycles. The average molecular weight is 204 g/mol. The predicted octanol–water partition coefficient (Wildman–Crippen LogP) is -1.03. The van der Waals surface area contributed by atoms with Crippen LogP contribution < -0.4 is 10.7 Å². The molecule has 13 heavy (non-hydrogen) atoms. The third-order valence-electron chi connectivity index (χ3n) is 2.95. The summed E-state index contributed by atoms with van der Waals surface area (Å²) in [4.78, 5) is 0. The maximum absolute atomic E-state index is 10.5. The van der Waals surface area contributed by atoms with E-state index in [4.69, 9.17) is 0 Å². The molecule has 1 saturated carbocycles. The number of hydrogen-bond donors (Lipinski definition) is 2. The Morgan fingerprint density at radius 1 is 1.62 bits per heavy atom. The molecule has 1 heterocycles. The van der Waals surface area contributed by atoms with E-state index in [1.165, 1.54) is 7.05 Å². The maximum Gasteiger partial charge on any atom is 0.0350 e. The molecule has 0 aromatic heterocycles. The van der Waals surface area contributed by atoms with Crippen LogP contribution >= 0.6 is 0 Å². The molecule has 76 valence electrons. The van der Waals surface area contributed by atoms with Crippen LogP contribution in [0.25, 0.3) is 0 Å². The Kier molecular flexibility index (Phi) is 2.41. The Morgan fingerprint density at radius 3 is 2.62 bits per heavy atom. The molecule has 1 spiro atoms. The van der Waals surface area contributed by atoms with Gasteiger partial charge in [0, 0.05) is 37.4 Å². The van der Waals surface area contributed by atoms with Gasteiger partial charge in [0.05, 0.1) is 0 Å². The van der Waals surface area contributed by atoms with E-state index in [2.05, 4.69) is 10.7 Å². The van der Waals surface area contributed by atoms with Crippen LogP contribution in [0.1, 0.15) is 12.8 Å². The van der Waals surface area contributed by atoms with Crippen LogP contribution in [0.2, 0.25) is 0 Å². The molecule has 0 radical (unpaired) electrons. The number of rotatable bonds is 3. The van der Waals surface area contributed by atoms with Gasteiger partial charge in [0.1, 0.15) is 0 Å². The van der Waals surface area contributed by atoms with Crippen LogP contribution in [-0.4, -0.2) is 39.4 Å². The Balaban J connectivity index is 1.71. The third kappa shape index (κ3) is 1.77. The summed E-state index contributed by atoms with van der Waals surface area (Å²) in [5, 5.41) is 3.24. The number of hydrogen-bond acceptors (Lipinski definition) is 4. The van der Waals surface area contributed by atoms with Crippen molar-refractivity contribution in [1.29, 1.82) is 0 Å². The van der Waals surface area contributed by atoms with Crippen molar-refractivity contribution in [2.24, 2.45) is 5.41 Å². The molecule has 0 bridgehead atoms. The fraction of sp³-hybridized carbons (Fsp3) is 1.00.